The van der Waals surface area contributed by atoms with Gasteiger partial charge in [-0.1, -0.05) is 41.9 Å². The third kappa shape index (κ3) is 6.19. The molecule has 0 aromatic heterocycles. The molecular formula is C24H25ClN2O6S. The van der Waals surface area contributed by atoms with E-state index in [1.165, 1.54) is 39.5 Å². The molecule has 3 rings (SSSR count). The predicted molar refractivity (Wildman–Crippen MR) is 130 cm³/mol. The zero-order valence-corrected chi connectivity index (χ0v) is 20.4. The fourth-order valence-electron chi connectivity index (χ4n) is 3.24. The second-order valence-corrected chi connectivity index (χ2v) is 9.34. The van der Waals surface area contributed by atoms with Gasteiger partial charge < -0.3 is 19.5 Å². The summed E-state index contributed by atoms with van der Waals surface area (Å²) in [6.45, 7) is 0. The number of hydrogen-bond donors (Lipinski definition) is 2. The number of amides is 1. The molecule has 3 aromatic rings. The van der Waals surface area contributed by atoms with E-state index in [0.29, 0.717) is 22.9 Å². The lowest BCUT2D eigenvalue weighted by Gasteiger charge is -2.20. The highest BCUT2D eigenvalue weighted by molar-refractivity contribution is 7.89. The summed E-state index contributed by atoms with van der Waals surface area (Å²) in [5.74, 6) is 0.671. The maximum atomic E-state index is 13.3. The summed E-state index contributed by atoms with van der Waals surface area (Å²) in [6.07, 6.45) is 0.113. The Morgan fingerprint density at radius 2 is 1.59 bits per heavy atom. The third-order valence-electron chi connectivity index (χ3n) is 4.99. The maximum absolute atomic E-state index is 13.3. The molecule has 0 aliphatic rings. The highest BCUT2D eigenvalue weighted by atomic mass is 35.5. The number of methoxy groups -OCH3 is 3. The number of benzene rings is 3. The zero-order chi connectivity index (χ0) is 24.7. The van der Waals surface area contributed by atoms with Crippen LogP contribution in [0, 0.1) is 0 Å². The first-order valence-corrected chi connectivity index (χ1v) is 12.1. The first kappa shape index (κ1) is 25.4. The van der Waals surface area contributed by atoms with Crippen molar-refractivity contribution in [2.24, 2.45) is 0 Å². The molecule has 1 atom stereocenters. The number of ether oxygens (including phenoxy) is 3. The van der Waals surface area contributed by atoms with E-state index >= 15 is 0 Å². The van der Waals surface area contributed by atoms with Crippen molar-refractivity contribution in [1.82, 2.24) is 4.72 Å². The topological polar surface area (TPSA) is 103 Å². The molecule has 10 heteroatoms. The molecule has 0 aliphatic carbocycles. The lowest BCUT2D eigenvalue weighted by molar-refractivity contribution is -0.117. The molecule has 8 nitrogen and oxygen atoms in total. The van der Waals surface area contributed by atoms with Gasteiger partial charge in [-0.05, 0) is 42.3 Å². The summed E-state index contributed by atoms with van der Waals surface area (Å²) < 4.78 is 44.4. The van der Waals surface area contributed by atoms with Crippen molar-refractivity contribution < 1.29 is 27.4 Å². The molecule has 0 bridgehead atoms. The Morgan fingerprint density at radius 1 is 0.912 bits per heavy atom. The fraction of sp³-hybridized carbons (Fsp3) is 0.208. The SMILES string of the molecule is COc1ccc(OC)c(NC(=O)[C@H](Cc2ccccc2)NS(=O)(=O)c2ccc(OC)c(Cl)c2)c1. The molecule has 0 saturated carbocycles. The van der Waals surface area contributed by atoms with Crippen molar-refractivity contribution >= 4 is 33.2 Å². The molecule has 0 heterocycles. The van der Waals surface area contributed by atoms with Crippen LogP contribution in [0.25, 0.3) is 0 Å². The van der Waals surface area contributed by atoms with Crippen molar-refractivity contribution in [3.8, 4) is 17.2 Å². The average molecular weight is 505 g/mol. The number of rotatable bonds is 10. The van der Waals surface area contributed by atoms with Gasteiger partial charge in [0, 0.05) is 6.07 Å². The van der Waals surface area contributed by atoms with Crippen LogP contribution >= 0.6 is 11.6 Å². The Morgan fingerprint density at radius 3 is 2.21 bits per heavy atom. The van der Waals surface area contributed by atoms with E-state index in [1.807, 2.05) is 30.3 Å². The number of carbonyl (C=O) groups excluding carboxylic acids is 1. The Hall–Kier alpha value is -3.27. The molecule has 0 spiro atoms. The second-order valence-electron chi connectivity index (χ2n) is 7.22. The van der Waals surface area contributed by atoms with Gasteiger partial charge >= 0.3 is 0 Å². The summed E-state index contributed by atoms with van der Waals surface area (Å²) >= 11 is 6.11. The number of halogens is 1. The van der Waals surface area contributed by atoms with E-state index < -0.39 is 22.0 Å². The smallest absolute Gasteiger partial charge is 0.243 e. The summed E-state index contributed by atoms with van der Waals surface area (Å²) in [4.78, 5) is 13.2. The van der Waals surface area contributed by atoms with Crippen LogP contribution in [-0.4, -0.2) is 41.7 Å². The summed E-state index contributed by atoms with van der Waals surface area (Å²) in [6, 6.07) is 16.9. The van der Waals surface area contributed by atoms with Gasteiger partial charge in [0.2, 0.25) is 15.9 Å². The van der Waals surface area contributed by atoms with Crippen molar-refractivity contribution in [2.45, 2.75) is 17.4 Å². The molecule has 0 saturated heterocycles. The Kier molecular flexibility index (Phi) is 8.38. The molecule has 2 N–H and O–H groups in total. The van der Waals surface area contributed by atoms with Gasteiger partial charge in [-0.25, -0.2) is 8.42 Å². The van der Waals surface area contributed by atoms with Gasteiger partial charge in [0.05, 0.1) is 36.9 Å². The predicted octanol–water partition coefficient (Wildman–Crippen LogP) is 3.89. The molecule has 0 radical (unpaired) electrons. The minimum Gasteiger partial charge on any atom is -0.497 e. The first-order chi connectivity index (χ1) is 16.3. The van der Waals surface area contributed by atoms with Gasteiger partial charge in [-0.3, -0.25) is 4.79 Å². The van der Waals surface area contributed by atoms with Crippen LogP contribution in [0.4, 0.5) is 5.69 Å². The van der Waals surface area contributed by atoms with Crippen molar-refractivity contribution in [2.75, 3.05) is 26.6 Å². The molecule has 34 heavy (non-hydrogen) atoms. The summed E-state index contributed by atoms with van der Waals surface area (Å²) in [5.41, 5.74) is 1.12. The minimum absolute atomic E-state index is 0.0943. The quantitative estimate of drug-likeness (QED) is 0.434. The van der Waals surface area contributed by atoms with E-state index in [9.17, 15) is 13.2 Å². The largest absolute Gasteiger partial charge is 0.497 e. The summed E-state index contributed by atoms with van der Waals surface area (Å²) in [7, 11) is 0.299. The molecule has 0 aliphatic heterocycles. The monoisotopic (exact) mass is 504 g/mol. The van der Waals surface area contributed by atoms with Crippen LogP contribution in [0.5, 0.6) is 17.2 Å². The molecule has 0 fully saturated rings. The number of hydrogen-bond acceptors (Lipinski definition) is 6. The van der Waals surface area contributed by atoms with Crippen LogP contribution in [-0.2, 0) is 21.2 Å². The van der Waals surface area contributed by atoms with E-state index in [-0.39, 0.29) is 16.3 Å². The van der Waals surface area contributed by atoms with E-state index in [4.69, 9.17) is 25.8 Å². The normalized spacial score (nSPS) is 12.0. The van der Waals surface area contributed by atoms with E-state index in [1.54, 1.807) is 18.2 Å². The van der Waals surface area contributed by atoms with Crippen molar-refractivity contribution in [1.29, 1.82) is 0 Å². The molecular weight excluding hydrogens is 480 g/mol. The van der Waals surface area contributed by atoms with E-state index in [2.05, 4.69) is 10.0 Å². The zero-order valence-electron chi connectivity index (χ0n) is 18.9. The standard InChI is InChI=1S/C24H25ClN2O6S/c1-31-17-9-11-23(33-3)20(14-17)26-24(28)21(13-16-7-5-4-6-8-16)27-34(29,30)18-10-12-22(32-2)19(25)15-18/h4-12,14-15,21,27H,13H2,1-3H3,(H,26,28)/t21-/m0/s1. The van der Waals surface area contributed by atoms with Crippen LogP contribution in [0.1, 0.15) is 5.56 Å². The first-order valence-electron chi connectivity index (χ1n) is 10.2. The maximum Gasteiger partial charge on any atom is 0.243 e. The number of sulfonamides is 1. The number of nitrogens with one attached hydrogen (secondary N) is 2. The number of carbonyl (C=O) groups is 1. The highest BCUT2D eigenvalue weighted by Crippen LogP contribution is 2.30. The van der Waals surface area contributed by atoms with Gasteiger partial charge in [0.1, 0.15) is 23.3 Å². The van der Waals surface area contributed by atoms with Gasteiger partial charge in [-0.2, -0.15) is 4.72 Å². The Balaban J connectivity index is 1.92. The highest BCUT2D eigenvalue weighted by Gasteiger charge is 2.27. The number of anilines is 1. The Labute approximate surface area is 203 Å². The lowest BCUT2D eigenvalue weighted by Crippen LogP contribution is -2.45. The molecule has 3 aromatic carbocycles. The van der Waals surface area contributed by atoms with Crippen molar-refractivity contribution in [3.05, 3.63) is 77.3 Å². The van der Waals surface area contributed by atoms with Gasteiger partial charge in [0.15, 0.2) is 0 Å². The van der Waals surface area contributed by atoms with Gasteiger partial charge in [0.25, 0.3) is 0 Å². The van der Waals surface area contributed by atoms with E-state index in [0.717, 1.165) is 5.56 Å². The van der Waals surface area contributed by atoms with Gasteiger partial charge in [-0.15, -0.1) is 0 Å². The van der Waals surface area contributed by atoms with Crippen LogP contribution in [0.2, 0.25) is 5.02 Å². The fourth-order valence-corrected chi connectivity index (χ4v) is 4.78. The third-order valence-corrected chi connectivity index (χ3v) is 6.76. The molecule has 180 valence electrons. The molecule has 1 amide bonds. The average Bonchev–Trinajstić information content (AvgIpc) is 2.84. The van der Waals surface area contributed by atoms with Crippen LogP contribution < -0.4 is 24.2 Å². The van der Waals surface area contributed by atoms with Crippen LogP contribution in [0.3, 0.4) is 0 Å². The summed E-state index contributed by atoms with van der Waals surface area (Å²) in [5, 5.41) is 2.88. The lowest BCUT2D eigenvalue weighted by atomic mass is 10.1. The second kappa shape index (κ2) is 11.2. The Bertz CT molecular complexity index is 1250. The van der Waals surface area contributed by atoms with Crippen LogP contribution in [0.15, 0.2) is 71.6 Å². The molecule has 0 unspecified atom stereocenters. The van der Waals surface area contributed by atoms with Crippen molar-refractivity contribution in [3.63, 3.8) is 0 Å². The minimum atomic E-state index is -4.10.